The Morgan fingerprint density at radius 3 is 2.67 bits per heavy atom. The molecule has 0 atom stereocenters. The van der Waals surface area contributed by atoms with Gasteiger partial charge in [0.25, 0.3) is 11.7 Å². The number of ether oxygens (including phenoxy) is 1. The van der Waals surface area contributed by atoms with E-state index < -0.39 is 11.7 Å². The second-order valence-electron chi connectivity index (χ2n) is 3.36. The summed E-state index contributed by atoms with van der Waals surface area (Å²) in [5.74, 6) is -0.529. The molecule has 0 radical (unpaired) electrons. The van der Waals surface area contributed by atoms with Crippen LogP contribution in [0.4, 0.5) is 5.69 Å². The van der Waals surface area contributed by atoms with Crippen LogP contribution in [0, 0.1) is 0 Å². The monoisotopic (exact) mass is 205 g/mol. The standard InChI is InChI=1S/C11H11NO3/c1-3-6-4-7-9(8(5-6)15-2)12-11(14)10(7)13/h4-5H,3H2,1-2H3,(H,12,13,14). The zero-order chi connectivity index (χ0) is 11.0. The molecule has 1 heterocycles. The molecule has 4 nitrogen and oxygen atoms in total. The average molecular weight is 205 g/mol. The quantitative estimate of drug-likeness (QED) is 0.742. The molecule has 0 fully saturated rings. The molecule has 1 aliphatic heterocycles. The molecule has 1 aromatic carbocycles. The van der Waals surface area contributed by atoms with Gasteiger partial charge in [-0.3, -0.25) is 9.59 Å². The van der Waals surface area contributed by atoms with E-state index in [1.807, 2.05) is 13.0 Å². The van der Waals surface area contributed by atoms with E-state index in [9.17, 15) is 9.59 Å². The van der Waals surface area contributed by atoms with Gasteiger partial charge in [0.2, 0.25) is 0 Å². The molecule has 0 aliphatic carbocycles. The maximum absolute atomic E-state index is 11.5. The Hall–Kier alpha value is -1.84. The molecule has 0 unspecified atom stereocenters. The smallest absolute Gasteiger partial charge is 0.296 e. The maximum atomic E-state index is 11.5. The average Bonchev–Trinajstić information content (AvgIpc) is 2.54. The molecule has 0 bridgehead atoms. The zero-order valence-electron chi connectivity index (χ0n) is 8.59. The largest absolute Gasteiger partial charge is 0.495 e. The number of anilines is 1. The van der Waals surface area contributed by atoms with Crippen molar-refractivity contribution in [1.82, 2.24) is 0 Å². The van der Waals surface area contributed by atoms with Gasteiger partial charge in [-0.05, 0) is 24.1 Å². The second-order valence-corrected chi connectivity index (χ2v) is 3.36. The van der Waals surface area contributed by atoms with Crippen molar-refractivity contribution in [3.63, 3.8) is 0 Å². The molecule has 0 saturated carbocycles. The first kappa shape index (κ1) is 9.71. The van der Waals surface area contributed by atoms with E-state index in [1.165, 1.54) is 7.11 Å². The minimum atomic E-state index is -0.587. The van der Waals surface area contributed by atoms with Crippen molar-refractivity contribution in [2.24, 2.45) is 0 Å². The molecule has 0 spiro atoms. The van der Waals surface area contributed by atoms with Crippen LogP contribution in [0.2, 0.25) is 0 Å². The molecule has 78 valence electrons. The summed E-state index contributed by atoms with van der Waals surface area (Å²) in [7, 11) is 1.52. The number of aryl methyl sites for hydroxylation is 1. The SMILES string of the molecule is CCc1cc(OC)c2c(c1)C(=O)C(=O)N2. The Bertz CT molecular complexity index is 451. The van der Waals surface area contributed by atoms with Gasteiger partial charge < -0.3 is 10.1 Å². The Morgan fingerprint density at radius 2 is 2.07 bits per heavy atom. The van der Waals surface area contributed by atoms with E-state index in [4.69, 9.17) is 4.74 Å². The lowest BCUT2D eigenvalue weighted by Gasteiger charge is -2.07. The molecule has 1 aliphatic rings. The third-order valence-corrected chi connectivity index (χ3v) is 2.48. The molecule has 1 aromatic rings. The van der Waals surface area contributed by atoms with Gasteiger partial charge in [-0.2, -0.15) is 0 Å². The van der Waals surface area contributed by atoms with E-state index in [0.29, 0.717) is 17.0 Å². The number of fused-ring (bicyclic) bond motifs is 1. The minimum Gasteiger partial charge on any atom is -0.495 e. The molecule has 2 rings (SSSR count). The molecule has 1 N–H and O–H groups in total. The molecular weight excluding hydrogens is 194 g/mol. The van der Waals surface area contributed by atoms with E-state index in [2.05, 4.69) is 5.32 Å². The van der Waals surface area contributed by atoms with Crippen LogP contribution in [0.25, 0.3) is 0 Å². The first-order valence-electron chi connectivity index (χ1n) is 4.74. The van der Waals surface area contributed by atoms with Gasteiger partial charge in [0.1, 0.15) is 5.75 Å². The third-order valence-electron chi connectivity index (χ3n) is 2.48. The minimum absolute atomic E-state index is 0.413. The topological polar surface area (TPSA) is 55.4 Å². The van der Waals surface area contributed by atoms with E-state index in [-0.39, 0.29) is 0 Å². The van der Waals surface area contributed by atoms with Crippen molar-refractivity contribution in [3.8, 4) is 5.75 Å². The lowest BCUT2D eigenvalue weighted by Crippen LogP contribution is -2.12. The highest BCUT2D eigenvalue weighted by Crippen LogP contribution is 2.34. The Balaban J connectivity index is 2.62. The highest BCUT2D eigenvalue weighted by atomic mass is 16.5. The molecule has 0 aromatic heterocycles. The summed E-state index contributed by atoms with van der Waals surface area (Å²) in [5, 5.41) is 2.50. The number of rotatable bonds is 2. The Labute approximate surface area is 87.2 Å². The van der Waals surface area contributed by atoms with E-state index >= 15 is 0 Å². The van der Waals surface area contributed by atoms with Crippen LogP contribution >= 0.6 is 0 Å². The van der Waals surface area contributed by atoms with Crippen LogP contribution in [0.5, 0.6) is 5.75 Å². The van der Waals surface area contributed by atoms with Crippen LogP contribution in [-0.2, 0) is 11.2 Å². The van der Waals surface area contributed by atoms with Gasteiger partial charge in [-0.25, -0.2) is 0 Å². The van der Waals surface area contributed by atoms with Crippen molar-refractivity contribution >= 4 is 17.4 Å². The number of hydrogen-bond donors (Lipinski definition) is 1. The Kier molecular flexibility index (Phi) is 2.19. The van der Waals surface area contributed by atoms with Crippen LogP contribution in [0.1, 0.15) is 22.8 Å². The molecule has 4 heteroatoms. The van der Waals surface area contributed by atoms with Gasteiger partial charge in [-0.15, -0.1) is 0 Å². The fourth-order valence-electron chi connectivity index (χ4n) is 1.64. The summed E-state index contributed by atoms with van der Waals surface area (Å²) in [6.07, 6.45) is 0.797. The number of nitrogens with one attached hydrogen (secondary N) is 1. The number of methoxy groups -OCH3 is 1. The number of ketones is 1. The van der Waals surface area contributed by atoms with Gasteiger partial charge in [0.15, 0.2) is 0 Å². The normalized spacial score (nSPS) is 13.7. The van der Waals surface area contributed by atoms with Crippen LogP contribution in [0.15, 0.2) is 12.1 Å². The number of hydrogen-bond acceptors (Lipinski definition) is 3. The first-order valence-corrected chi connectivity index (χ1v) is 4.74. The zero-order valence-corrected chi connectivity index (χ0v) is 8.59. The van der Waals surface area contributed by atoms with Crippen molar-refractivity contribution in [2.75, 3.05) is 12.4 Å². The van der Waals surface area contributed by atoms with Crippen LogP contribution in [-0.4, -0.2) is 18.8 Å². The molecular formula is C11H11NO3. The number of benzene rings is 1. The van der Waals surface area contributed by atoms with Crippen molar-refractivity contribution < 1.29 is 14.3 Å². The number of carbonyl (C=O) groups excluding carboxylic acids is 2. The Morgan fingerprint density at radius 1 is 1.33 bits per heavy atom. The van der Waals surface area contributed by atoms with Crippen LogP contribution < -0.4 is 10.1 Å². The number of amides is 1. The summed E-state index contributed by atoms with van der Waals surface area (Å²) in [5.41, 5.74) is 1.89. The van der Waals surface area contributed by atoms with Crippen molar-refractivity contribution in [2.45, 2.75) is 13.3 Å². The lowest BCUT2D eigenvalue weighted by molar-refractivity contribution is -0.112. The van der Waals surface area contributed by atoms with Gasteiger partial charge in [0.05, 0.1) is 18.4 Å². The summed E-state index contributed by atoms with van der Waals surface area (Å²) >= 11 is 0. The summed E-state index contributed by atoms with van der Waals surface area (Å²) in [6, 6.07) is 3.57. The predicted molar refractivity (Wildman–Crippen MR) is 55.3 cm³/mol. The molecule has 0 saturated heterocycles. The number of carbonyl (C=O) groups is 2. The summed E-state index contributed by atoms with van der Waals surface area (Å²) in [6.45, 7) is 1.98. The third kappa shape index (κ3) is 1.38. The van der Waals surface area contributed by atoms with E-state index in [1.54, 1.807) is 6.07 Å². The molecule has 1 amide bonds. The highest BCUT2D eigenvalue weighted by Gasteiger charge is 2.30. The van der Waals surface area contributed by atoms with Crippen molar-refractivity contribution in [3.05, 3.63) is 23.3 Å². The van der Waals surface area contributed by atoms with Gasteiger partial charge >= 0.3 is 0 Å². The highest BCUT2D eigenvalue weighted by molar-refractivity contribution is 6.52. The fraction of sp³-hybridized carbons (Fsp3) is 0.273. The number of Topliss-reactive ketones (excluding diaryl/α,β-unsaturated/α-hetero) is 1. The van der Waals surface area contributed by atoms with Gasteiger partial charge in [-0.1, -0.05) is 6.92 Å². The fourth-order valence-corrected chi connectivity index (χ4v) is 1.64. The maximum Gasteiger partial charge on any atom is 0.296 e. The predicted octanol–water partition coefficient (Wildman–Crippen LogP) is 1.39. The van der Waals surface area contributed by atoms with E-state index in [0.717, 1.165) is 12.0 Å². The van der Waals surface area contributed by atoms with Gasteiger partial charge in [0, 0.05) is 0 Å². The van der Waals surface area contributed by atoms with Crippen molar-refractivity contribution in [1.29, 1.82) is 0 Å². The molecule has 15 heavy (non-hydrogen) atoms. The lowest BCUT2D eigenvalue weighted by atomic mass is 10.1. The first-order chi connectivity index (χ1) is 7.17. The second kappa shape index (κ2) is 3.38. The van der Waals surface area contributed by atoms with Crippen LogP contribution in [0.3, 0.4) is 0 Å². The summed E-state index contributed by atoms with van der Waals surface area (Å²) in [4.78, 5) is 22.6. The summed E-state index contributed by atoms with van der Waals surface area (Å²) < 4.78 is 5.13.